The highest BCUT2D eigenvalue weighted by molar-refractivity contribution is 6.00. The summed E-state index contributed by atoms with van der Waals surface area (Å²) < 4.78 is 45.9. The average Bonchev–Trinajstić information content (AvgIpc) is 1.51. The van der Waals surface area contributed by atoms with Gasteiger partial charge in [0.05, 0.1) is 16.2 Å². The number of fused-ring (bicyclic) bond motifs is 16. The molecule has 556 valence electrons. The van der Waals surface area contributed by atoms with Crippen LogP contribution < -0.4 is 14.4 Å². The van der Waals surface area contributed by atoms with E-state index in [1.807, 2.05) is 36.4 Å². The summed E-state index contributed by atoms with van der Waals surface area (Å²) in [5, 5.41) is 0. The van der Waals surface area contributed by atoms with Crippen LogP contribution in [0.25, 0.3) is 68.3 Å². The summed E-state index contributed by atoms with van der Waals surface area (Å²) in [6.07, 6.45) is 5.98. The molecular formula is C111H81F2NO2. The zero-order valence-corrected chi connectivity index (χ0v) is 65.1. The first-order valence-electron chi connectivity index (χ1n) is 39.9. The highest BCUT2D eigenvalue weighted by Crippen LogP contribution is 2.65. The van der Waals surface area contributed by atoms with Gasteiger partial charge in [-0.3, -0.25) is 0 Å². The maximum absolute atomic E-state index is 16.5. The zero-order valence-electron chi connectivity index (χ0n) is 65.1. The van der Waals surface area contributed by atoms with Crippen LogP contribution >= 0.6 is 0 Å². The number of aryl methyl sites for hydroxylation is 4. The van der Waals surface area contributed by atoms with Crippen molar-refractivity contribution < 1.29 is 18.3 Å². The molecule has 20 rings (SSSR count). The molecule has 0 fully saturated rings. The number of ether oxygens (including phenoxy) is 2. The Balaban J connectivity index is 0.749. The Hall–Kier alpha value is -14.0. The van der Waals surface area contributed by atoms with Crippen LogP contribution in [0.15, 0.2) is 365 Å². The van der Waals surface area contributed by atoms with Gasteiger partial charge in [0.1, 0.15) is 36.3 Å². The Kier molecular flexibility index (Phi) is 17.3. The van der Waals surface area contributed by atoms with E-state index in [1.165, 1.54) is 51.1 Å². The predicted molar refractivity (Wildman–Crippen MR) is 472 cm³/mol. The fourth-order valence-corrected chi connectivity index (χ4v) is 19.7. The van der Waals surface area contributed by atoms with Gasteiger partial charge in [-0.05, 0) is 292 Å². The van der Waals surface area contributed by atoms with Crippen molar-refractivity contribution in [3.8, 4) is 56.0 Å². The van der Waals surface area contributed by atoms with Crippen molar-refractivity contribution in [2.24, 2.45) is 0 Å². The Morgan fingerprint density at radius 2 is 0.681 bits per heavy atom. The molecule has 0 saturated heterocycles. The first-order chi connectivity index (χ1) is 56.8. The van der Waals surface area contributed by atoms with Crippen LogP contribution in [0, 0.1) is 39.3 Å². The SMILES string of the molecule is C=Cc1ccc(COc2ccc(C3(c4cc(C)ccc4C)c4ccccc4-c4ccc(/C(=C/c5ccc6c(c5)C5(c7ccccc7-6)c6ccccc6-c6ccc(N(c7cccc(F)c7)c7ccc8c(c7)C(c7ccc(OCc9ccc(C=C)cc9)cc7)(c7cc(C)ccc7C)c7ccccc7-8)cc65)c5cccc(F)c5)cc43)cc2)cc1. The summed E-state index contributed by atoms with van der Waals surface area (Å²) in [6.45, 7) is 17.5. The number of nitrogens with zero attached hydrogens (tertiary/aromatic N) is 1. The van der Waals surface area contributed by atoms with E-state index in [4.69, 9.17) is 9.47 Å². The molecule has 0 saturated carbocycles. The molecule has 0 radical (unpaired) electrons. The van der Waals surface area contributed by atoms with Crippen molar-refractivity contribution in [3.05, 3.63) is 505 Å². The molecule has 0 aromatic heterocycles. The minimum atomic E-state index is -0.837. The van der Waals surface area contributed by atoms with Crippen LogP contribution in [0.5, 0.6) is 11.5 Å². The second-order valence-electron chi connectivity index (χ2n) is 31.5. The van der Waals surface area contributed by atoms with Crippen LogP contribution in [0.2, 0.25) is 0 Å². The summed E-state index contributed by atoms with van der Waals surface area (Å²) in [7, 11) is 0. The third-order valence-electron chi connectivity index (χ3n) is 24.9. The van der Waals surface area contributed by atoms with Gasteiger partial charge in [0.2, 0.25) is 0 Å². The lowest BCUT2D eigenvalue weighted by Gasteiger charge is -2.36. The van der Waals surface area contributed by atoms with Crippen molar-refractivity contribution >= 4 is 40.9 Å². The fraction of sp³-hybridized carbons (Fsp3) is 0.0811. The van der Waals surface area contributed by atoms with Gasteiger partial charge in [0, 0.05) is 17.1 Å². The molecule has 3 nitrogen and oxygen atoms in total. The standard InChI is InChI=1S/C111H81F2NO2/c1-7-74-35-39-76(40-36-74)68-115-88-51-45-81(46-52-88)109(103-59-70(3)31-33-72(103)5)99-27-13-9-23-90(99)95-56-44-80(64-106(95)109)98(79-19-17-20-83(112)63-79)61-78-43-55-94-92-25-11-15-29-101(92)111(105(94)62-78)102-30-16-12-26-93(102)97-58-50-87(67-108(97)111)114(85-22-18-21-84(113)65-85)86-49-57-96-91-24-10-14-28-100(91)110(107(96)66-86,104-60-71(4)32-34-73(104)6)82-47-53-89(54-48-82)116-69-77-41-37-75(8-2)38-42-77/h7-67H,1-2,68-69H2,3-6H3/b98-61+. The number of rotatable bonds is 18. The maximum atomic E-state index is 16.5. The van der Waals surface area contributed by atoms with Gasteiger partial charge in [-0.15, -0.1) is 0 Å². The van der Waals surface area contributed by atoms with E-state index < -0.39 is 16.2 Å². The highest BCUT2D eigenvalue weighted by Gasteiger charge is 2.53. The van der Waals surface area contributed by atoms with Gasteiger partial charge in [0.25, 0.3) is 0 Å². The summed E-state index contributed by atoms with van der Waals surface area (Å²) in [5.74, 6) is 0.883. The van der Waals surface area contributed by atoms with Crippen LogP contribution in [0.4, 0.5) is 25.8 Å². The molecule has 16 aromatic rings. The molecule has 4 aliphatic rings. The van der Waals surface area contributed by atoms with Gasteiger partial charge in [-0.25, -0.2) is 8.78 Å². The lowest BCUT2D eigenvalue weighted by Crippen LogP contribution is -2.30. The molecule has 5 heteroatoms. The van der Waals surface area contributed by atoms with E-state index in [9.17, 15) is 0 Å². The Bertz CT molecular complexity index is 6690. The second-order valence-corrected chi connectivity index (χ2v) is 31.5. The molecule has 1 spiro atoms. The van der Waals surface area contributed by atoms with Gasteiger partial charge < -0.3 is 14.4 Å². The van der Waals surface area contributed by atoms with Crippen molar-refractivity contribution in [1.29, 1.82) is 0 Å². The molecule has 0 amide bonds. The Morgan fingerprint density at radius 1 is 0.302 bits per heavy atom. The van der Waals surface area contributed by atoms with E-state index in [-0.39, 0.29) is 11.6 Å². The topological polar surface area (TPSA) is 21.7 Å². The Morgan fingerprint density at radius 3 is 1.15 bits per heavy atom. The van der Waals surface area contributed by atoms with E-state index in [2.05, 4.69) is 355 Å². The fourth-order valence-electron chi connectivity index (χ4n) is 19.7. The van der Waals surface area contributed by atoms with Crippen LogP contribution in [-0.2, 0) is 29.5 Å². The summed E-state index contributed by atoms with van der Waals surface area (Å²) in [5.41, 5.74) is 35.4. The quantitative estimate of drug-likeness (QED) is 0.0799. The van der Waals surface area contributed by atoms with E-state index in [0.717, 1.165) is 162 Å². The molecule has 16 aromatic carbocycles. The first kappa shape index (κ1) is 71.1. The molecule has 0 aliphatic heterocycles. The van der Waals surface area contributed by atoms with E-state index >= 15 is 8.78 Å². The van der Waals surface area contributed by atoms with Crippen molar-refractivity contribution in [2.45, 2.75) is 57.2 Å². The minimum Gasteiger partial charge on any atom is -0.489 e. The molecule has 116 heavy (non-hydrogen) atoms. The normalized spacial score (nSPS) is 16.1. The third-order valence-corrected chi connectivity index (χ3v) is 24.9. The van der Waals surface area contributed by atoms with Gasteiger partial charge in [0.15, 0.2) is 0 Å². The summed E-state index contributed by atoms with van der Waals surface area (Å²) in [6, 6.07) is 125. The molecule has 3 atom stereocenters. The van der Waals surface area contributed by atoms with E-state index in [1.54, 1.807) is 12.1 Å². The molecule has 4 aliphatic carbocycles. The minimum absolute atomic E-state index is 0.321. The van der Waals surface area contributed by atoms with Crippen LogP contribution in [0.1, 0.15) is 128 Å². The number of hydrogen-bond donors (Lipinski definition) is 0. The molecule has 0 N–H and O–H groups in total. The second kappa shape index (κ2) is 28.3. The largest absolute Gasteiger partial charge is 0.489 e. The highest BCUT2D eigenvalue weighted by atomic mass is 19.1. The first-order valence-corrected chi connectivity index (χ1v) is 39.9. The lowest BCUT2D eigenvalue weighted by molar-refractivity contribution is 0.306. The molecular weight excluding hydrogens is 1420 g/mol. The van der Waals surface area contributed by atoms with Crippen molar-refractivity contribution in [2.75, 3.05) is 4.90 Å². The monoisotopic (exact) mass is 1500 g/mol. The summed E-state index contributed by atoms with van der Waals surface area (Å²) >= 11 is 0. The molecule has 3 unspecified atom stereocenters. The van der Waals surface area contributed by atoms with Gasteiger partial charge in [-0.1, -0.05) is 297 Å². The van der Waals surface area contributed by atoms with Gasteiger partial charge >= 0.3 is 0 Å². The maximum Gasteiger partial charge on any atom is 0.125 e. The molecule has 0 heterocycles. The summed E-state index contributed by atoms with van der Waals surface area (Å²) in [4.78, 5) is 2.25. The smallest absolute Gasteiger partial charge is 0.125 e. The lowest BCUT2D eigenvalue weighted by atomic mass is 9.66. The average molecular weight is 1500 g/mol. The number of hydrogen-bond acceptors (Lipinski definition) is 3. The Labute approximate surface area is 677 Å². The van der Waals surface area contributed by atoms with Crippen LogP contribution in [0.3, 0.4) is 0 Å². The zero-order chi connectivity index (χ0) is 78.6. The van der Waals surface area contributed by atoms with Crippen molar-refractivity contribution in [3.63, 3.8) is 0 Å². The predicted octanol–water partition coefficient (Wildman–Crippen LogP) is 27.8. The van der Waals surface area contributed by atoms with Gasteiger partial charge in [-0.2, -0.15) is 0 Å². The van der Waals surface area contributed by atoms with Crippen LogP contribution in [-0.4, -0.2) is 0 Å². The number of benzene rings is 16. The number of halogens is 2. The number of anilines is 3. The van der Waals surface area contributed by atoms with Crippen molar-refractivity contribution in [1.82, 2.24) is 0 Å². The van der Waals surface area contributed by atoms with E-state index in [0.29, 0.717) is 18.9 Å². The third kappa shape index (κ3) is 11.3. The molecule has 0 bridgehead atoms.